The van der Waals surface area contributed by atoms with E-state index >= 15 is 0 Å². The highest BCUT2D eigenvalue weighted by Crippen LogP contribution is 2.19. The molecular weight excluding hydrogens is 306 g/mol. The zero-order valence-electron chi connectivity index (χ0n) is 9.57. The van der Waals surface area contributed by atoms with Crippen molar-refractivity contribution in [2.45, 2.75) is 19.6 Å². The number of aromatic nitrogens is 2. The Morgan fingerprint density at radius 1 is 1.39 bits per heavy atom. The molecule has 1 heterocycles. The summed E-state index contributed by atoms with van der Waals surface area (Å²) in [7, 11) is 0. The summed E-state index contributed by atoms with van der Waals surface area (Å²) < 4.78 is 28.2. The molecule has 1 N–H and O–H groups in total. The summed E-state index contributed by atoms with van der Waals surface area (Å²) in [6.07, 6.45) is 0.782. The van der Waals surface area contributed by atoms with Crippen LogP contribution in [-0.4, -0.2) is 14.9 Å². The van der Waals surface area contributed by atoms with Crippen LogP contribution in [0.25, 0.3) is 0 Å². The van der Waals surface area contributed by atoms with Crippen molar-refractivity contribution in [2.75, 3.05) is 0 Å². The molecule has 18 heavy (non-hydrogen) atoms. The number of rotatable bonds is 3. The highest BCUT2D eigenvalue weighted by molar-refractivity contribution is 9.10. The van der Waals surface area contributed by atoms with Crippen LogP contribution in [0.4, 0.5) is 8.78 Å². The molecule has 3 nitrogen and oxygen atoms in total. The molecule has 1 atom stereocenters. The molecule has 0 aliphatic carbocycles. The van der Waals surface area contributed by atoms with Crippen LogP contribution < -0.4 is 0 Å². The minimum absolute atomic E-state index is 0.178. The van der Waals surface area contributed by atoms with Crippen LogP contribution in [0.2, 0.25) is 0 Å². The van der Waals surface area contributed by atoms with Crippen molar-refractivity contribution in [3.05, 3.63) is 51.8 Å². The zero-order valence-corrected chi connectivity index (χ0v) is 11.2. The predicted octanol–water partition coefficient (Wildman–Crippen LogP) is 2.97. The Hall–Kier alpha value is -1.27. The van der Waals surface area contributed by atoms with Gasteiger partial charge in [-0.3, -0.25) is 4.68 Å². The van der Waals surface area contributed by atoms with Crippen molar-refractivity contribution < 1.29 is 13.9 Å². The number of hydrogen-bond acceptors (Lipinski definition) is 2. The molecule has 0 amide bonds. The van der Waals surface area contributed by atoms with Crippen molar-refractivity contribution in [3.63, 3.8) is 0 Å². The molecule has 1 aromatic carbocycles. The van der Waals surface area contributed by atoms with Crippen molar-refractivity contribution in [1.82, 2.24) is 9.78 Å². The first-order valence-electron chi connectivity index (χ1n) is 5.30. The van der Waals surface area contributed by atoms with Gasteiger partial charge in [0.1, 0.15) is 0 Å². The highest BCUT2D eigenvalue weighted by atomic mass is 79.9. The maximum absolute atomic E-state index is 13.0. The largest absolute Gasteiger partial charge is 0.386 e. The molecule has 1 unspecified atom stereocenters. The fourth-order valence-corrected chi connectivity index (χ4v) is 1.90. The van der Waals surface area contributed by atoms with E-state index in [0.29, 0.717) is 5.56 Å². The number of nitrogens with zero attached hydrogens (tertiary/aromatic N) is 2. The van der Waals surface area contributed by atoms with Crippen LogP contribution in [0.3, 0.4) is 0 Å². The lowest BCUT2D eigenvalue weighted by atomic mass is 10.1. The van der Waals surface area contributed by atoms with E-state index in [2.05, 4.69) is 21.0 Å². The van der Waals surface area contributed by atoms with E-state index < -0.39 is 17.7 Å². The first-order chi connectivity index (χ1) is 8.47. The molecule has 1 aromatic heterocycles. The zero-order chi connectivity index (χ0) is 13.3. The fraction of sp³-hybridized carbons (Fsp3) is 0.250. The maximum atomic E-state index is 13.0. The molecule has 0 radical (unpaired) electrons. The van der Waals surface area contributed by atoms with Gasteiger partial charge in [-0.15, -0.1) is 0 Å². The van der Waals surface area contributed by atoms with E-state index in [9.17, 15) is 13.9 Å². The normalized spacial score (nSPS) is 12.7. The van der Waals surface area contributed by atoms with Crippen molar-refractivity contribution in [3.8, 4) is 0 Å². The molecular formula is C12H11BrF2N2O. The number of aliphatic hydroxyl groups is 1. The first-order valence-corrected chi connectivity index (χ1v) is 6.09. The lowest BCUT2D eigenvalue weighted by molar-refractivity contribution is 0.151. The minimum Gasteiger partial charge on any atom is -0.386 e. The SMILES string of the molecule is Cc1nn(CC(O)c2ccc(F)c(F)c2)cc1Br. The van der Waals surface area contributed by atoms with Crippen LogP contribution in [-0.2, 0) is 6.54 Å². The van der Waals surface area contributed by atoms with Crippen molar-refractivity contribution in [1.29, 1.82) is 0 Å². The number of hydrogen-bond donors (Lipinski definition) is 1. The van der Waals surface area contributed by atoms with Crippen LogP contribution >= 0.6 is 15.9 Å². The van der Waals surface area contributed by atoms with E-state index in [4.69, 9.17) is 0 Å². The van der Waals surface area contributed by atoms with Gasteiger partial charge in [-0.1, -0.05) is 6.07 Å². The second-order valence-electron chi connectivity index (χ2n) is 3.97. The van der Waals surface area contributed by atoms with Gasteiger partial charge in [0.25, 0.3) is 0 Å². The molecule has 0 aliphatic heterocycles. The topological polar surface area (TPSA) is 38.0 Å². The quantitative estimate of drug-likeness (QED) is 0.945. The third-order valence-corrected chi connectivity index (χ3v) is 3.35. The van der Waals surface area contributed by atoms with E-state index in [1.165, 1.54) is 6.07 Å². The van der Waals surface area contributed by atoms with Crippen LogP contribution in [0, 0.1) is 18.6 Å². The van der Waals surface area contributed by atoms with Crippen LogP contribution in [0.1, 0.15) is 17.4 Å². The minimum atomic E-state index is -0.968. The molecule has 2 rings (SSSR count). The third kappa shape index (κ3) is 2.76. The summed E-state index contributed by atoms with van der Waals surface area (Å²) in [6, 6.07) is 3.35. The third-order valence-electron chi connectivity index (χ3n) is 2.57. The van der Waals surface area contributed by atoms with Crippen LogP contribution in [0.5, 0.6) is 0 Å². The second-order valence-corrected chi connectivity index (χ2v) is 4.83. The van der Waals surface area contributed by atoms with Gasteiger partial charge in [0, 0.05) is 6.20 Å². The summed E-state index contributed by atoms with van der Waals surface area (Å²) in [4.78, 5) is 0. The molecule has 6 heteroatoms. The number of benzene rings is 1. The van der Waals surface area contributed by atoms with Crippen LogP contribution in [0.15, 0.2) is 28.9 Å². The molecule has 96 valence electrons. The van der Waals surface area contributed by atoms with Gasteiger partial charge in [-0.2, -0.15) is 5.10 Å². The smallest absolute Gasteiger partial charge is 0.159 e. The molecule has 0 bridgehead atoms. The summed E-state index contributed by atoms with van der Waals surface area (Å²) in [6.45, 7) is 2.00. The van der Waals surface area contributed by atoms with E-state index in [-0.39, 0.29) is 6.54 Å². The Kier molecular flexibility index (Phi) is 3.77. The van der Waals surface area contributed by atoms with E-state index in [1.807, 2.05) is 6.92 Å². The summed E-state index contributed by atoms with van der Waals surface area (Å²) in [5.41, 5.74) is 1.12. The van der Waals surface area contributed by atoms with Gasteiger partial charge in [0.15, 0.2) is 11.6 Å². The standard InChI is InChI=1S/C12H11BrF2N2O/c1-7-9(13)5-17(16-7)6-12(18)8-2-3-10(14)11(15)4-8/h2-5,12,18H,6H2,1H3. The Labute approximate surface area is 111 Å². The molecule has 0 aliphatic rings. The van der Waals surface area contributed by atoms with Crippen molar-refractivity contribution in [2.24, 2.45) is 0 Å². The lowest BCUT2D eigenvalue weighted by Crippen LogP contribution is -2.09. The van der Waals surface area contributed by atoms with Gasteiger partial charge in [-0.25, -0.2) is 8.78 Å². The summed E-state index contributed by atoms with van der Waals surface area (Å²) >= 11 is 3.31. The molecule has 2 aromatic rings. The molecule has 0 spiro atoms. The van der Waals surface area contributed by atoms with E-state index in [0.717, 1.165) is 22.3 Å². The number of aryl methyl sites for hydroxylation is 1. The van der Waals surface area contributed by atoms with E-state index in [1.54, 1.807) is 10.9 Å². The average Bonchev–Trinajstić information content (AvgIpc) is 2.61. The highest BCUT2D eigenvalue weighted by Gasteiger charge is 2.13. The van der Waals surface area contributed by atoms with Gasteiger partial charge in [0.2, 0.25) is 0 Å². The Morgan fingerprint density at radius 3 is 2.67 bits per heavy atom. The molecule has 0 saturated carbocycles. The Balaban J connectivity index is 2.16. The Morgan fingerprint density at radius 2 is 2.11 bits per heavy atom. The Bertz CT molecular complexity index is 552. The second kappa shape index (κ2) is 5.16. The van der Waals surface area contributed by atoms with Crippen molar-refractivity contribution >= 4 is 15.9 Å². The lowest BCUT2D eigenvalue weighted by Gasteiger charge is -2.11. The first kappa shape index (κ1) is 13.2. The predicted molar refractivity (Wildman–Crippen MR) is 66.0 cm³/mol. The maximum Gasteiger partial charge on any atom is 0.159 e. The van der Waals surface area contributed by atoms with Gasteiger partial charge in [0.05, 0.1) is 22.8 Å². The number of aliphatic hydroxyl groups excluding tert-OH is 1. The average molecular weight is 317 g/mol. The van der Waals surface area contributed by atoms with Gasteiger partial charge < -0.3 is 5.11 Å². The summed E-state index contributed by atoms with van der Waals surface area (Å²) in [5.74, 6) is -1.90. The summed E-state index contributed by atoms with van der Waals surface area (Å²) in [5, 5.41) is 14.1. The van der Waals surface area contributed by atoms with Gasteiger partial charge >= 0.3 is 0 Å². The fourth-order valence-electron chi connectivity index (χ4n) is 1.59. The number of halogens is 3. The van der Waals surface area contributed by atoms with Gasteiger partial charge in [-0.05, 0) is 40.5 Å². The monoisotopic (exact) mass is 316 g/mol. The molecule has 0 saturated heterocycles. The molecule has 0 fully saturated rings.